The van der Waals surface area contributed by atoms with E-state index in [0.29, 0.717) is 6.61 Å². The largest absolute Gasteiger partial charge is 0.383 e. The summed E-state index contributed by atoms with van der Waals surface area (Å²) in [6.45, 7) is 5.49. The molecule has 3 nitrogen and oxygen atoms in total. The number of nitrogens with one attached hydrogen (secondary N) is 2. The third-order valence-electron chi connectivity index (χ3n) is 3.71. The van der Waals surface area contributed by atoms with Crippen LogP contribution in [0.4, 0.5) is 0 Å². The third kappa shape index (κ3) is 4.68. The highest BCUT2D eigenvalue weighted by atomic mass is 16.5. The van der Waals surface area contributed by atoms with E-state index in [0.717, 1.165) is 6.54 Å². The summed E-state index contributed by atoms with van der Waals surface area (Å²) in [6, 6.07) is 19.2. The molecular weight excluding hydrogens is 284 g/mol. The van der Waals surface area contributed by atoms with Crippen molar-refractivity contribution in [3.05, 3.63) is 71.9 Å². The van der Waals surface area contributed by atoms with Crippen LogP contribution in [-0.2, 0) is 11.3 Å². The molecule has 0 aliphatic rings. The molecule has 23 heavy (non-hydrogen) atoms. The molecule has 0 amide bonds. The van der Waals surface area contributed by atoms with E-state index in [4.69, 9.17) is 4.74 Å². The first-order chi connectivity index (χ1) is 11.4. The average Bonchev–Trinajstić information content (AvgIpc) is 3.09. The molecule has 0 radical (unpaired) electrons. The van der Waals surface area contributed by atoms with Gasteiger partial charge >= 0.3 is 0 Å². The summed E-state index contributed by atoms with van der Waals surface area (Å²) in [7, 11) is 1.74. The van der Waals surface area contributed by atoms with E-state index in [2.05, 4.69) is 58.8 Å². The second-order valence-corrected chi connectivity index (χ2v) is 5.20. The summed E-state index contributed by atoms with van der Waals surface area (Å²) in [5.74, 6) is 0. The summed E-state index contributed by atoms with van der Waals surface area (Å²) in [5.41, 5.74) is 3.71. The Bertz CT molecular complexity index is 691. The number of hydrogen-bond donors (Lipinski definition) is 2. The van der Waals surface area contributed by atoms with Gasteiger partial charge in [0.25, 0.3) is 0 Å². The summed E-state index contributed by atoms with van der Waals surface area (Å²) >= 11 is 0. The predicted octanol–water partition coefficient (Wildman–Crippen LogP) is 4.67. The Hall–Kier alpha value is -2.10. The SMILES string of the molecule is CC.COCC(NCc1ccc2[nH]ccc2c1)c1ccccc1. The van der Waals surface area contributed by atoms with Crippen LogP contribution in [0.2, 0.25) is 0 Å². The van der Waals surface area contributed by atoms with Crippen LogP contribution in [0, 0.1) is 0 Å². The fourth-order valence-electron chi connectivity index (χ4n) is 2.58. The molecule has 3 heteroatoms. The summed E-state index contributed by atoms with van der Waals surface area (Å²) in [4.78, 5) is 3.22. The van der Waals surface area contributed by atoms with Crippen LogP contribution in [0.5, 0.6) is 0 Å². The molecule has 0 aliphatic heterocycles. The van der Waals surface area contributed by atoms with Gasteiger partial charge in [-0.2, -0.15) is 0 Å². The van der Waals surface area contributed by atoms with Crippen LogP contribution in [0.3, 0.4) is 0 Å². The summed E-state index contributed by atoms with van der Waals surface area (Å²) in [6.07, 6.45) is 1.97. The lowest BCUT2D eigenvalue weighted by Gasteiger charge is -2.18. The molecule has 1 aromatic heterocycles. The van der Waals surface area contributed by atoms with Gasteiger partial charge in [-0.25, -0.2) is 0 Å². The van der Waals surface area contributed by atoms with Gasteiger partial charge in [0.05, 0.1) is 12.6 Å². The Balaban J connectivity index is 0.000000924. The second-order valence-electron chi connectivity index (χ2n) is 5.20. The van der Waals surface area contributed by atoms with Crippen molar-refractivity contribution in [1.82, 2.24) is 10.3 Å². The molecule has 0 aliphatic carbocycles. The number of hydrogen-bond acceptors (Lipinski definition) is 2. The van der Waals surface area contributed by atoms with Crippen LogP contribution in [0.25, 0.3) is 10.9 Å². The van der Waals surface area contributed by atoms with E-state index in [9.17, 15) is 0 Å². The zero-order valence-corrected chi connectivity index (χ0v) is 14.2. The number of H-pyrrole nitrogens is 1. The van der Waals surface area contributed by atoms with E-state index in [1.165, 1.54) is 22.0 Å². The topological polar surface area (TPSA) is 37.0 Å². The van der Waals surface area contributed by atoms with Crippen molar-refractivity contribution >= 4 is 10.9 Å². The molecule has 1 atom stereocenters. The molecule has 1 heterocycles. The van der Waals surface area contributed by atoms with Gasteiger partial charge in [0, 0.05) is 25.4 Å². The van der Waals surface area contributed by atoms with E-state index < -0.39 is 0 Å². The number of aromatic amines is 1. The number of methoxy groups -OCH3 is 1. The molecule has 0 bridgehead atoms. The quantitative estimate of drug-likeness (QED) is 0.694. The molecule has 1 unspecified atom stereocenters. The lowest BCUT2D eigenvalue weighted by Crippen LogP contribution is -2.24. The van der Waals surface area contributed by atoms with Gasteiger partial charge in [-0.3, -0.25) is 0 Å². The van der Waals surface area contributed by atoms with Crippen molar-refractivity contribution in [3.63, 3.8) is 0 Å². The lowest BCUT2D eigenvalue weighted by atomic mass is 10.1. The minimum Gasteiger partial charge on any atom is -0.383 e. The van der Waals surface area contributed by atoms with Crippen LogP contribution in [0.15, 0.2) is 60.8 Å². The van der Waals surface area contributed by atoms with Gasteiger partial charge in [-0.1, -0.05) is 50.2 Å². The minimum atomic E-state index is 0.207. The fourth-order valence-corrected chi connectivity index (χ4v) is 2.58. The molecule has 0 spiro atoms. The molecule has 122 valence electrons. The normalized spacial score (nSPS) is 11.8. The average molecular weight is 310 g/mol. The van der Waals surface area contributed by atoms with E-state index in [1.54, 1.807) is 7.11 Å². The minimum absolute atomic E-state index is 0.207. The molecule has 0 saturated carbocycles. The predicted molar refractivity (Wildman–Crippen MR) is 97.5 cm³/mol. The number of benzene rings is 2. The summed E-state index contributed by atoms with van der Waals surface area (Å²) in [5, 5.41) is 4.82. The molecule has 0 fully saturated rings. The highest BCUT2D eigenvalue weighted by molar-refractivity contribution is 5.79. The highest BCUT2D eigenvalue weighted by Gasteiger charge is 2.10. The standard InChI is InChI=1S/C18H20N2O.C2H6/c1-21-13-18(15-5-3-2-4-6-15)20-12-14-7-8-17-16(11-14)9-10-19-17;1-2/h2-11,18-20H,12-13H2,1H3;1-2H3. The monoisotopic (exact) mass is 310 g/mol. The van der Waals surface area contributed by atoms with Crippen LogP contribution in [0.1, 0.15) is 31.0 Å². The Morgan fingerprint density at radius 1 is 1.04 bits per heavy atom. The van der Waals surface area contributed by atoms with Crippen molar-refractivity contribution in [3.8, 4) is 0 Å². The smallest absolute Gasteiger partial charge is 0.0657 e. The maximum Gasteiger partial charge on any atom is 0.0657 e. The molecule has 2 aromatic carbocycles. The zero-order chi connectivity index (χ0) is 16.5. The van der Waals surface area contributed by atoms with Crippen molar-refractivity contribution < 1.29 is 4.74 Å². The molecule has 3 aromatic rings. The van der Waals surface area contributed by atoms with Gasteiger partial charge in [-0.05, 0) is 34.7 Å². The number of rotatable bonds is 6. The van der Waals surface area contributed by atoms with Gasteiger partial charge in [0.2, 0.25) is 0 Å². The van der Waals surface area contributed by atoms with Crippen molar-refractivity contribution in [2.24, 2.45) is 0 Å². The highest BCUT2D eigenvalue weighted by Crippen LogP contribution is 2.17. The second kappa shape index (κ2) is 9.13. The Morgan fingerprint density at radius 3 is 2.57 bits per heavy atom. The Morgan fingerprint density at radius 2 is 1.83 bits per heavy atom. The Labute approximate surface area is 138 Å². The molecule has 0 saturated heterocycles. The number of aromatic nitrogens is 1. The fraction of sp³-hybridized carbons (Fsp3) is 0.300. The first-order valence-electron chi connectivity index (χ1n) is 8.20. The number of fused-ring (bicyclic) bond motifs is 1. The number of ether oxygens (including phenoxy) is 1. The molecule has 3 rings (SSSR count). The first-order valence-corrected chi connectivity index (χ1v) is 8.20. The van der Waals surface area contributed by atoms with Crippen molar-refractivity contribution in [2.75, 3.05) is 13.7 Å². The maximum absolute atomic E-state index is 5.34. The van der Waals surface area contributed by atoms with Gasteiger partial charge in [0.15, 0.2) is 0 Å². The van der Waals surface area contributed by atoms with Gasteiger partial charge in [0.1, 0.15) is 0 Å². The van der Waals surface area contributed by atoms with Gasteiger partial charge in [-0.15, -0.1) is 0 Å². The third-order valence-corrected chi connectivity index (χ3v) is 3.71. The first kappa shape index (κ1) is 17.3. The molecular formula is C20H26N2O. The summed E-state index contributed by atoms with van der Waals surface area (Å²) < 4.78 is 5.34. The van der Waals surface area contributed by atoms with E-state index >= 15 is 0 Å². The van der Waals surface area contributed by atoms with Crippen molar-refractivity contribution in [1.29, 1.82) is 0 Å². The molecule has 2 N–H and O–H groups in total. The van der Waals surface area contributed by atoms with Crippen LogP contribution >= 0.6 is 0 Å². The van der Waals surface area contributed by atoms with E-state index in [-0.39, 0.29) is 6.04 Å². The maximum atomic E-state index is 5.34. The van der Waals surface area contributed by atoms with Crippen LogP contribution in [-0.4, -0.2) is 18.7 Å². The van der Waals surface area contributed by atoms with Crippen molar-refractivity contribution in [2.45, 2.75) is 26.4 Å². The lowest BCUT2D eigenvalue weighted by molar-refractivity contribution is 0.166. The van der Waals surface area contributed by atoms with Gasteiger partial charge < -0.3 is 15.0 Å². The zero-order valence-electron chi connectivity index (χ0n) is 14.2. The van der Waals surface area contributed by atoms with E-state index in [1.807, 2.05) is 26.1 Å². The van der Waals surface area contributed by atoms with Crippen LogP contribution < -0.4 is 5.32 Å². The Kier molecular flexibility index (Phi) is 6.85.